The van der Waals surface area contributed by atoms with E-state index in [-0.39, 0.29) is 12.2 Å². The molecule has 2 aromatic rings. The minimum absolute atomic E-state index is 0.221. The first-order valence-electron chi connectivity index (χ1n) is 5.88. The summed E-state index contributed by atoms with van der Waals surface area (Å²) in [6, 6.07) is 10.1. The molecule has 0 bridgehead atoms. The quantitative estimate of drug-likeness (QED) is 0.899. The SMILES string of the molecule is Cc1ccc(OCc2cccc(C(=O)O)c2)c(Cl)c1Cl. The molecule has 20 heavy (non-hydrogen) atoms. The lowest BCUT2D eigenvalue weighted by atomic mass is 10.1. The Bertz CT molecular complexity index is 654. The van der Waals surface area contributed by atoms with Crippen LogP contribution in [0.2, 0.25) is 10.0 Å². The second kappa shape index (κ2) is 6.16. The Morgan fingerprint density at radius 1 is 1.20 bits per heavy atom. The second-order valence-electron chi connectivity index (χ2n) is 4.30. The third kappa shape index (κ3) is 3.24. The third-order valence-electron chi connectivity index (χ3n) is 2.81. The summed E-state index contributed by atoms with van der Waals surface area (Å²) in [5.74, 6) is -0.494. The normalized spacial score (nSPS) is 10.3. The summed E-state index contributed by atoms with van der Waals surface area (Å²) in [7, 11) is 0. The van der Waals surface area contributed by atoms with Gasteiger partial charge in [0.2, 0.25) is 0 Å². The summed E-state index contributed by atoms with van der Waals surface area (Å²) >= 11 is 12.1. The van der Waals surface area contributed by atoms with Gasteiger partial charge in [-0.25, -0.2) is 4.79 Å². The van der Waals surface area contributed by atoms with Crippen LogP contribution in [-0.2, 0) is 6.61 Å². The summed E-state index contributed by atoms with van der Waals surface area (Å²) < 4.78 is 5.58. The van der Waals surface area contributed by atoms with E-state index in [2.05, 4.69) is 0 Å². The number of carboxylic acids is 1. The number of rotatable bonds is 4. The first-order chi connectivity index (χ1) is 9.49. The lowest BCUT2D eigenvalue weighted by Crippen LogP contribution is -2.00. The molecular formula is C15H12Cl2O3. The van der Waals surface area contributed by atoms with Crippen molar-refractivity contribution in [1.82, 2.24) is 0 Å². The minimum Gasteiger partial charge on any atom is -0.487 e. The number of ether oxygens (including phenoxy) is 1. The predicted molar refractivity (Wildman–Crippen MR) is 78.9 cm³/mol. The highest BCUT2D eigenvalue weighted by molar-refractivity contribution is 6.43. The molecule has 0 saturated heterocycles. The van der Waals surface area contributed by atoms with Crippen LogP contribution in [0.3, 0.4) is 0 Å². The monoisotopic (exact) mass is 310 g/mol. The van der Waals surface area contributed by atoms with E-state index in [4.69, 9.17) is 33.0 Å². The first-order valence-corrected chi connectivity index (χ1v) is 6.64. The van der Waals surface area contributed by atoms with E-state index in [0.717, 1.165) is 11.1 Å². The summed E-state index contributed by atoms with van der Waals surface area (Å²) in [5.41, 5.74) is 1.84. The molecule has 2 rings (SSSR count). The summed E-state index contributed by atoms with van der Waals surface area (Å²) in [6.07, 6.45) is 0. The van der Waals surface area contributed by atoms with Crippen LogP contribution in [-0.4, -0.2) is 11.1 Å². The van der Waals surface area contributed by atoms with Gasteiger partial charge >= 0.3 is 5.97 Å². The van der Waals surface area contributed by atoms with Gasteiger partial charge in [0, 0.05) is 0 Å². The van der Waals surface area contributed by atoms with Crippen molar-refractivity contribution < 1.29 is 14.6 Å². The molecule has 0 aliphatic carbocycles. The minimum atomic E-state index is -0.969. The molecule has 0 atom stereocenters. The molecule has 0 unspecified atom stereocenters. The van der Waals surface area contributed by atoms with Gasteiger partial charge in [0.25, 0.3) is 0 Å². The van der Waals surface area contributed by atoms with Gasteiger partial charge in [-0.1, -0.05) is 41.4 Å². The molecule has 0 aliphatic heterocycles. The maximum Gasteiger partial charge on any atom is 0.335 e. The summed E-state index contributed by atoms with van der Waals surface area (Å²) in [6.45, 7) is 2.08. The fourth-order valence-electron chi connectivity index (χ4n) is 1.69. The van der Waals surface area contributed by atoms with Crippen LogP contribution in [0.5, 0.6) is 5.75 Å². The standard InChI is InChI=1S/C15H12Cl2O3/c1-9-5-6-12(14(17)13(9)16)20-8-10-3-2-4-11(7-10)15(18)19/h2-7H,8H2,1H3,(H,18,19). The Labute approximate surface area is 126 Å². The van der Waals surface area contributed by atoms with Crippen molar-refractivity contribution in [3.63, 3.8) is 0 Å². The summed E-state index contributed by atoms with van der Waals surface area (Å²) in [4.78, 5) is 10.9. The topological polar surface area (TPSA) is 46.5 Å². The molecule has 0 aliphatic rings. The van der Waals surface area contributed by atoms with Crippen LogP contribution in [0.1, 0.15) is 21.5 Å². The van der Waals surface area contributed by atoms with Crippen LogP contribution < -0.4 is 4.74 Å². The molecule has 0 radical (unpaired) electrons. The average molecular weight is 311 g/mol. The zero-order valence-electron chi connectivity index (χ0n) is 10.7. The lowest BCUT2D eigenvalue weighted by Gasteiger charge is -2.10. The Morgan fingerprint density at radius 3 is 2.65 bits per heavy atom. The van der Waals surface area contributed by atoms with E-state index in [1.807, 2.05) is 13.0 Å². The molecule has 2 aromatic carbocycles. The molecular weight excluding hydrogens is 299 g/mol. The number of carboxylic acid groups (broad SMARTS) is 1. The first kappa shape index (κ1) is 14.7. The maximum absolute atomic E-state index is 10.9. The fourth-order valence-corrected chi connectivity index (χ4v) is 2.12. The van der Waals surface area contributed by atoms with E-state index >= 15 is 0 Å². The van der Waals surface area contributed by atoms with E-state index in [0.29, 0.717) is 15.8 Å². The van der Waals surface area contributed by atoms with Gasteiger partial charge < -0.3 is 9.84 Å². The molecule has 0 amide bonds. The Balaban J connectivity index is 2.15. The molecule has 1 N–H and O–H groups in total. The number of hydrogen-bond donors (Lipinski definition) is 1. The van der Waals surface area contributed by atoms with Crippen molar-refractivity contribution in [1.29, 1.82) is 0 Å². The van der Waals surface area contributed by atoms with Gasteiger partial charge in [0.1, 0.15) is 17.4 Å². The van der Waals surface area contributed by atoms with Crippen LogP contribution >= 0.6 is 23.2 Å². The van der Waals surface area contributed by atoms with Gasteiger partial charge in [-0.2, -0.15) is 0 Å². The van der Waals surface area contributed by atoms with Crippen molar-refractivity contribution in [3.05, 3.63) is 63.1 Å². The zero-order chi connectivity index (χ0) is 14.7. The number of aryl methyl sites for hydroxylation is 1. The molecule has 0 aromatic heterocycles. The predicted octanol–water partition coefficient (Wildman–Crippen LogP) is 4.58. The van der Waals surface area contributed by atoms with E-state index in [1.165, 1.54) is 6.07 Å². The molecule has 0 saturated carbocycles. The molecule has 104 valence electrons. The van der Waals surface area contributed by atoms with Gasteiger partial charge in [-0.3, -0.25) is 0 Å². The molecule has 0 heterocycles. The second-order valence-corrected chi connectivity index (χ2v) is 5.06. The highest BCUT2D eigenvalue weighted by Gasteiger charge is 2.09. The van der Waals surface area contributed by atoms with Crippen molar-refractivity contribution in [3.8, 4) is 5.75 Å². The van der Waals surface area contributed by atoms with Gasteiger partial charge in [0.15, 0.2) is 0 Å². The van der Waals surface area contributed by atoms with Crippen LogP contribution in [0.15, 0.2) is 36.4 Å². The number of carbonyl (C=O) groups is 1. The van der Waals surface area contributed by atoms with Crippen molar-refractivity contribution in [2.75, 3.05) is 0 Å². The highest BCUT2D eigenvalue weighted by Crippen LogP contribution is 2.34. The molecule has 5 heteroatoms. The van der Waals surface area contributed by atoms with Crippen LogP contribution in [0.4, 0.5) is 0 Å². The van der Waals surface area contributed by atoms with Gasteiger partial charge in [0.05, 0.1) is 10.6 Å². The van der Waals surface area contributed by atoms with Crippen molar-refractivity contribution in [2.24, 2.45) is 0 Å². The molecule has 0 spiro atoms. The van der Waals surface area contributed by atoms with E-state index in [9.17, 15) is 4.79 Å². The van der Waals surface area contributed by atoms with Gasteiger partial charge in [-0.15, -0.1) is 0 Å². The third-order valence-corrected chi connectivity index (χ3v) is 3.77. The fraction of sp³-hybridized carbons (Fsp3) is 0.133. The Morgan fingerprint density at radius 2 is 1.95 bits per heavy atom. The Hall–Kier alpha value is -1.71. The van der Waals surface area contributed by atoms with Crippen molar-refractivity contribution >= 4 is 29.2 Å². The number of hydrogen-bond acceptors (Lipinski definition) is 2. The molecule has 3 nitrogen and oxygen atoms in total. The number of aromatic carboxylic acids is 1. The van der Waals surface area contributed by atoms with Gasteiger partial charge in [-0.05, 0) is 36.2 Å². The average Bonchev–Trinajstić information content (AvgIpc) is 2.44. The van der Waals surface area contributed by atoms with Crippen LogP contribution in [0, 0.1) is 6.92 Å². The number of halogens is 2. The summed E-state index contributed by atoms with van der Waals surface area (Å²) in [5, 5.41) is 9.75. The van der Waals surface area contributed by atoms with E-state index < -0.39 is 5.97 Å². The number of benzene rings is 2. The smallest absolute Gasteiger partial charge is 0.335 e. The van der Waals surface area contributed by atoms with E-state index in [1.54, 1.807) is 24.3 Å². The zero-order valence-corrected chi connectivity index (χ0v) is 12.2. The molecule has 0 fully saturated rings. The van der Waals surface area contributed by atoms with Crippen LogP contribution in [0.25, 0.3) is 0 Å². The Kier molecular flexibility index (Phi) is 4.53. The lowest BCUT2D eigenvalue weighted by molar-refractivity contribution is 0.0696. The maximum atomic E-state index is 10.9. The van der Waals surface area contributed by atoms with Crippen molar-refractivity contribution in [2.45, 2.75) is 13.5 Å². The largest absolute Gasteiger partial charge is 0.487 e. The highest BCUT2D eigenvalue weighted by atomic mass is 35.5.